The second kappa shape index (κ2) is 5.67. The molecule has 0 aliphatic heterocycles. The van der Waals surface area contributed by atoms with Crippen LogP contribution in [0.2, 0.25) is 0 Å². The lowest BCUT2D eigenvalue weighted by Gasteiger charge is -2.13. The second-order valence-corrected chi connectivity index (χ2v) is 7.59. The predicted octanol–water partition coefficient (Wildman–Crippen LogP) is 6.13. The number of nitrogens with zero attached hydrogens (tertiary/aromatic N) is 4. The molecule has 0 amide bonds. The largest absolute Gasteiger partial charge is 0.307 e. The van der Waals surface area contributed by atoms with Crippen molar-refractivity contribution in [1.29, 1.82) is 0 Å². The number of hydrogen-bond acceptors (Lipinski definition) is 2. The Morgan fingerprint density at radius 3 is 2.30 bits per heavy atom. The normalized spacial score (nSPS) is 12.0. The molecule has 0 spiro atoms. The highest BCUT2D eigenvalue weighted by molar-refractivity contribution is 6.23. The van der Waals surface area contributed by atoms with Crippen LogP contribution >= 0.6 is 0 Å². The minimum atomic E-state index is 0.933. The highest BCUT2D eigenvalue weighted by atomic mass is 15.0. The topological polar surface area (TPSA) is 35.1 Å². The Balaban J connectivity index is 1.86. The van der Waals surface area contributed by atoms with Crippen molar-refractivity contribution in [2.45, 2.75) is 0 Å². The van der Waals surface area contributed by atoms with Crippen molar-refractivity contribution < 1.29 is 0 Å². The molecule has 0 atom stereocenters. The molecular weight excluding hydrogens is 368 g/mol. The monoisotopic (exact) mass is 384 g/mol. The lowest BCUT2D eigenvalue weighted by Crippen LogP contribution is -1.97. The van der Waals surface area contributed by atoms with Crippen molar-refractivity contribution in [1.82, 2.24) is 18.9 Å². The quantitative estimate of drug-likeness (QED) is 0.319. The Morgan fingerprint density at radius 1 is 0.600 bits per heavy atom. The fourth-order valence-electron chi connectivity index (χ4n) is 4.84. The first kappa shape index (κ1) is 15.7. The lowest BCUT2D eigenvalue weighted by molar-refractivity contribution is 1.17. The third kappa shape index (κ3) is 1.90. The smallest absolute Gasteiger partial charge is 0.146 e. The zero-order chi connectivity index (χ0) is 19.7. The van der Waals surface area contributed by atoms with Crippen LogP contribution in [0, 0.1) is 0 Å². The van der Waals surface area contributed by atoms with Gasteiger partial charge in [0, 0.05) is 52.0 Å². The number of para-hydroxylation sites is 2. The van der Waals surface area contributed by atoms with Crippen LogP contribution in [-0.2, 0) is 0 Å². The zero-order valence-electron chi connectivity index (χ0n) is 16.0. The van der Waals surface area contributed by atoms with Crippen molar-refractivity contribution in [2.24, 2.45) is 0 Å². The minimum absolute atomic E-state index is 0.933. The van der Waals surface area contributed by atoms with Gasteiger partial charge in [0.1, 0.15) is 5.65 Å². The molecule has 140 valence electrons. The molecule has 0 bridgehead atoms. The molecule has 0 aliphatic rings. The van der Waals surface area contributed by atoms with E-state index in [1.54, 1.807) is 0 Å². The maximum absolute atomic E-state index is 4.67. The molecule has 4 heteroatoms. The van der Waals surface area contributed by atoms with Gasteiger partial charge >= 0.3 is 0 Å². The van der Waals surface area contributed by atoms with Gasteiger partial charge in [-0.15, -0.1) is 0 Å². The average Bonchev–Trinajstić information content (AvgIpc) is 3.43. The first-order valence-corrected chi connectivity index (χ1v) is 10.0. The molecule has 0 saturated carbocycles. The first-order valence-electron chi connectivity index (χ1n) is 10.0. The molecule has 7 rings (SSSR count). The first-order chi connectivity index (χ1) is 14.9. The van der Waals surface area contributed by atoms with Crippen LogP contribution in [0.4, 0.5) is 0 Å². The van der Waals surface area contributed by atoms with Crippen LogP contribution in [0.5, 0.6) is 0 Å². The van der Waals surface area contributed by atoms with Crippen molar-refractivity contribution in [3.05, 3.63) is 97.6 Å². The summed E-state index contributed by atoms with van der Waals surface area (Å²) in [5, 5.41) is 5.93. The van der Waals surface area contributed by atoms with E-state index in [-0.39, 0.29) is 0 Å². The SMILES string of the molecule is c1ccc(-n2c3ccccc3c3ccc4c5ccncc5c5nccn5c4c32)cc1. The number of hydrogen-bond donors (Lipinski definition) is 0. The highest BCUT2D eigenvalue weighted by Crippen LogP contribution is 2.39. The van der Waals surface area contributed by atoms with Gasteiger partial charge in [0.15, 0.2) is 0 Å². The Hall–Kier alpha value is -4.18. The zero-order valence-corrected chi connectivity index (χ0v) is 16.0. The van der Waals surface area contributed by atoms with Crippen molar-refractivity contribution in [2.75, 3.05) is 0 Å². The maximum Gasteiger partial charge on any atom is 0.146 e. The number of aromatic nitrogens is 4. The van der Waals surface area contributed by atoms with Gasteiger partial charge < -0.3 is 4.57 Å². The Labute approximate surface area is 171 Å². The van der Waals surface area contributed by atoms with E-state index in [4.69, 9.17) is 0 Å². The molecule has 0 N–H and O–H groups in total. The number of rotatable bonds is 1. The average molecular weight is 384 g/mol. The molecule has 0 radical (unpaired) electrons. The van der Waals surface area contributed by atoms with Gasteiger partial charge in [-0.3, -0.25) is 9.38 Å². The Kier molecular flexibility index (Phi) is 2.97. The molecule has 0 unspecified atom stereocenters. The molecule has 4 heterocycles. The van der Waals surface area contributed by atoms with Crippen LogP contribution in [0.15, 0.2) is 97.6 Å². The third-order valence-corrected chi connectivity index (χ3v) is 6.06. The summed E-state index contributed by atoms with van der Waals surface area (Å²) in [6.07, 6.45) is 7.69. The second-order valence-electron chi connectivity index (χ2n) is 7.59. The predicted molar refractivity (Wildman–Crippen MR) is 122 cm³/mol. The molecule has 7 aromatic rings. The van der Waals surface area contributed by atoms with E-state index in [9.17, 15) is 0 Å². The van der Waals surface area contributed by atoms with Crippen molar-refractivity contribution >= 4 is 49.1 Å². The third-order valence-electron chi connectivity index (χ3n) is 6.06. The maximum atomic E-state index is 4.67. The van der Waals surface area contributed by atoms with Crippen molar-refractivity contribution in [3.63, 3.8) is 0 Å². The van der Waals surface area contributed by atoms with E-state index in [2.05, 4.69) is 97.9 Å². The summed E-state index contributed by atoms with van der Waals surface area (Å²) in [4.78, 5) is 9.03. The van der Waals surface area contributed by atoms with Gasteiger partial charge in [0.25, 0.3) is 0 Å². The van der Waals surface area contributed by atoms with Crippen molar-refractivity contribution in [3.8, 4) is 5.69 Å². The van der Waals surface area contributed by atoms with Gasteiger partial charge in [-0.2, -0.15) is 0 Å². The molecular formula is C26H16N4. The lowest BCUT2D eigenvalue weighted by atomic mass is 10.0. The van der Waals surface area contributed by atoms with E-state index in [0.29, 0.717) is 0 Å². The summed E-state index contributed by atoms with van der Waals surface area (Å²) in [5.74, 6) is 0. The fraction of sp³-hybridized carbons (Fsp3) is 0. The highest BCUT2D eigenvalue weighted by Gasteiger charge is 2.18. The van der Waals surface area contributed by atoms with Crippen LogP contribution in [0.25, 0.3) is 54.8 Å². The standard InChI is InChI=1S/C26H16N4/c1-2-6-17(7-3-1)30-23-9-5-4-8-19(23)21-11-10-20-18-12-13-27-16-22(18)26-28-14-15-29(26)24(20)25(21)30/h1-16H. The Bertz CT molecular complexity index is 1740. The molecule has 0 fully saturated rings. The van der Waals surface area contributed by atoms with E-state index < -0.39 is 0 Å². The molecule has 0 saturated heterocycles. The molecule has 4 aromatic heterocycles. The summed E-state index contributed by atoms with van der Waals surface area (Å²) in [6, 6.07) is 25.8. The van der Waals surface area contributed by atoms with E-state index in [1.807, 2.05) is 18.6 Å². The number of imidazole rings is 1. The van der Waals surface area contributed by atoms with Gasteiger partial charge in [-0.25, -0.2) is 4.98 Å². The summed E-state index contributed by atoms with van der Waals surface area (Å²) < 4.78 is 4.58. The van der Waals surface area contributed by atoms with Crippen LogP contribution in [0.1, 0.15) is 0 Å². The van der Waals surface area contributed by atoms with E-state index in [1.165, 1.54) is 38.1 Å². The molecule has 0 aliphatic carbocycles. The summed E-state index contributed by atoms with van der Waals surface area (Å²) >= 11 is 0. The summed E-state index contributed by atoms with van der Waals surface area (Å²) in [5.41, 5.74) is 5.65. The Morgan fingerprint density at radius 2 is 1.40 bits per heavy atom. The van der Waals surface area contributed by atoms with Crippen LogP contribution in [-0.4, -0.2) is 18.9 Å². The fourth-order valence-corrected chi connectivity index (χ4v) is 4.84. The molecule has 4 nitrogen and oxygen atoms in total. The van der Waals surface area contributed by atoms with E-state index in [0.717, 1.165) is 16.7 Å². The van der Waals surface area contributed by atoms with Gasteiger partial charge in [0.2, 0.25) is 0 Å². The van der Waals surface area contributed by atoms with Gasteiger partial charge in [-0.1, -0.05) is 48.5 Å². The minimum Gasteiger partial charge on any atom is -0.307 e. The number of pyridine rings is 2. The van der Waals surface area contributed by atoms with Crippen LogP contribution < -0.4 is 0 Å². The van der Waals surface area contributed by atoms with Gasteiger partial charge in [-0.05, 0) is 29.7 Å². The number of benzene rings is 3. The summed E-state index contributed by atoms with van der Waals surface area (Å²) in [7, 11) is 0. The number of fused-ring (bicyclic) bond motifs is 10. The molecule has 30 heavy (non-hydrogen) atoms. The van der Waals surface area contributed by atoms with Crippen LogP contribution in [0.3, 0.4) is 0 Å². The van der Waals surface area contributed by atoms with Gasteiger partial charge in [0.05, 0.1) is 16.6 Å². The van der Waals surface area contributed by atoms with E-state index >= 15 is 0 Å². The summed E-state index contributed by atoms with van der Waals surface area (Å²) in [6.45, 7) is 0. The molecule has 3 aromatic carbocycles.